The zero-order valence-electron chi connectivity index (χ0n) is 9.03. The van der Waals surface area contributed by atoms with Crippen LogP contribution in [0.3, 0.4) is 0 Å². The van der Waals surface area contributed by atoms with Crippen molar-refractivity contribution >= 4 is 15.9 Å². The van der Waals surface area contributed by atoms with E-state index in [-0.39, 0.29) is 11.3 Å². The van der Waals surface area contributed by atoms with Gasteiger partial charge in [-0.3, -0.25) is 4.98 Å². The van der Waals surface area contributed by atoms with Gasteiger partial charge in [-0.1, -0.05) is 0 Å². The predicted molar refractivity (Wildman–Crippen MR) is 64.3 cm³/mol. The van der Waals surface area contributed by atoms with Crippen molar-refractivity contribution in [1.82, 2.24) is 4.98 Å². The van der Waals surface area contributed by atoms with Crippen LogP contribution in [-0.4, -0.2) is 10.1 Å². The number of benzene rings is 1. The molecule has 1 aromatic carbocycles. The van der Waals surface area contributed by atoms with E-state index in [0.29, 0.717) is 4.47 Å². The van der Waals surface area contributed by atoms with E-state index in [1.54, 1.807) is 0 Å². The number of ether oxygens (including phenoxy) is 1. The van der Waals surface area contributed by atoms with E-state index in [0.717, 1.165) is 12.1 Å². The summed E-state index contributed by atoms with van der Waals surface area (Å²) in [7, 11) is 0. The molecule has 0 aliphatic rings. The first-order valence-electron chi connectivity index (χ1n) is 4.97. The van der Waals surface area contributed by atoms with Gasteiger partial charge >= 0.3 is 0 Å². The second kappa shape index (κ2) is 5.41. The second-order valence-electron chi connectivity index (χ2n) is 3.49. The third-order valence-corrected chi connectivity index (χ3v) is 2.57. The van der Waals surface area contributed by atoms with Crippen LogP contribution >= 0.6 is 15.9 Å². The molecule has 2 rings (SSSR count). The van der Waals surface area contributed by atoms with Crippen LogP contribution in [0, 0.1) is 11.6 Å². The summed E-state index contributed by atoms with van der Waals surface area (Å²) in [5.74, 6) is -2.07. The van der Waals surface area contributed by atoms with E-state index < -0.39 is 24.0 Å². The Kier molecular flexibility index (Phi) is 3.88. The molecule has 1 aromatic heterocycles. The van der Waals surface area contributed by atoms with Crippen molar-refractivity contribution in [3.8, 4) is 11.5 Å². The Morgan fingerprint density at radius 2 is 1.83 bits per heavy atom. The zero-order chi connectivity index (χ0) is 13.1. The molecule has 0 saturated carbocycles. The topological polar surface area (TPSA) is 42.4 Å². The molecule has 0 atom stereocenters. The van der Waals surface area contributed by atoms with Gasteiger partial charge in [0.25, 0.3) is 0 Å². The smallest absolute Gasteiger partial charge is 0.198 e. The quantitative estimate of drug-likeness (QED) is 0.943. The Morgan fingerprint density at radius 1 is 1.17 bits per heavy atom. The summed E-state index contributed by atoms with van der Waals surface area (Å²) in [5, 5.41) is 8.81. The molecule has 0 aliphatic heterocycles. The number of aliphatic hydroxyl groups excluding tert-OH is 1. The van der Waals surface area contributed by atoms with Crippen molar-refractivity contribution < 1.29 is 18.6 Å². The lowest BCUT2D eigenvalue weighted by molar-refractivity contribution is 0.279. The van der Waals surface area contributed by atoms with Crippen molar-refractivity contribution in [2.75, 3.05) is 0 Å². The average molecular weight is 316 g/mol. The van der Waals surface area contributed by atoms with Gasteiger partial charge in [0.05, 0.1) is 12.8 Å². The van der Waals surface area contributed by atoms with Crippen LogP contribution in [0.25, 0.3) is 0 Å². The molecule has 0 spiro atoms. The summed E-state index contributed by atoms with van der Waals surface area (Å²) in [6.45, 7) is -0.438. The molecule has 94 valence electrons. The second-order valence-corrected chi connectivity index (χ2v) is 4.40. The molecule has 0 saturated heterocycles. The minimum Gasteiger partial charge on any atom is -0.450 e. The van der Waals surface area contributed by atoms with Gasteiger partial charge in [0.2, 0.25) is 0 Å². The normalized spacial score (nSPS) is 10.4. The molecule has 0 radical (unpaired) electrons. The number of aliphatic hydroxyl groups is 1. The van der Waals surface area contributed by atoms with Gasteiger partial charge < -0.3 is 9.84 Å². The number of aromatic nitrogens is 1. The summed E-state index contributed by atoms with van der Waals surface area (Å²) < 4.78 is 32.9. The molecular formula is C12H8BrF2NO2. The van der Waals surface area contributed by atoms with E-state index in [4.69, 9.17) is 9.84 Å². The van der Waals surface area contributed by atoms with Crippen molar-refractivity contribution in [2.45, 2.75) is 6.61 Å². The Balaban J connectivity index is 2.35. The average Bonchev–Trinajstić information content (AvgIpc) is 2.33. The van der Waals surface area contributed by atoms with Crippen molar-refractivity contribution in [3.63, 3.8) is 0 Å². The van der Waals surface area contributed by atoms with Gasteiger partial charge in [-0.2, -0.15) is 0 Å². The van der Waals surface area contributed by atoms with Gasteiger partial charge in [0.1, 0.15) is 5.75 Å². The number of rotatable bonds is 3. The first-order valence-corrected chi connectivity index (χ1v) is 5.76. The van der Waals surface area contributed by atoms with Gasteiger partial charge in [0, 0.05) is 10.7 Å². The van der Waals surface area contributed by atoms with E-state index in [1.807, 2.05) is 0 Å². The molecule has 18 heavy (non-hydrogen) atoms. The summed E-state index contributed by atoms with van der Waals surface area (Å²) >= 11 is 3.17. The third kappa shape index (κ3) is 2.83. The zero-order valence-corrected chi connectivity index (χ0v) is 10.6. The van der Waals surface area contributed by atoms with Crippen LogP contribution in [0.15, 0.2) is 35.1 Å². The summed E-state index contributed by atoms with van der Waals surface area (Å²) in [4.78, 5) is 3.82. The lowest BCUT2D eigenvalue weighted by Gasteiger charge is -2.09. The van der Waals surface area contributed by atoms with E-state index in [9.17, 15) is 8.78 Å². The van der Waals surface area contributed by atoms with Crippen LogP contribution in [-0.2, 0) is 6.61 Å². The lowest BCUT2D eigenvalue weighted by atomic mass is 10.2. The number of pyridine rings is 1. The van der Waals surface area contributed by atoms with Crippen molar-refractivity contribution in [2.24, 2.45) is 0 Å². The maximum absolute atomic E-state index is 13.6. The van der Waals surface area contributed by atoms with Crippen molar-refractivity contribution in [1.29, 1.82) is 0 Å². The molecule has 0 aliphatic carbocycles. The third-order valence-electron chi connectivity index (χ3n) is 2.14. The van der Waals surface area contributed by atoms with Crippen LogP contribution in [0.4, 0.5) is 8.78 Å². The van der Waals surface area contributed by atoms with Gasteiger partial charge in [-0.15, -0.1) is 0 Å². The Hall–Kier alpha value is -1.53. The van der Waals surface area contributed by atoms with Crippen LogP contribution in [0.2, 0.25) is 0 Å². The molecule has 1 N–H and O–H groups in total. The predicted octanol–water partition coefficient (Wildman–Crippen LogP) is 3.41. The lowest BCUT2D eigenvalue weighted by Crippen LogP contribution is -1.96. The molecule has 0 unspecified atom stereocenters. The fraction of sp³-hybridized carbons (Fsp3) is 0.0833. The highest BCUT2D eigenvalue weighted by atomic mass is 79.9. The highest BCUT2D eigenvalue weighted by molar-refractivity contribution is 9.10. The maximum atomic E-state index is 13.6. The summed E-state index contributed by atoms with van der Waals surface area (Å²) in [6.07, 6.45) is 2.86. The highest BCUT2D eigenvalue weighted by Gasteiger charge is 2.13. The molecule has 2 aromatic rings. The molecule has 3 nitrogen and oxygen atoms in total. The fourth-order valence-electron chi connectivity index (χ4n) is 1.37. The monoisotopic (exact) mass is 315 g/mol. The van der Waals surface area contributed by atoms with E-state index in [2.05, 4.69) is 20.9 Å². The number of hydrogen-bond acceptors (Lipinski definition) is 3. The minimum atomic E-state index is -0.876. The fourth-order valence-corrected chi connectivity index (χ4v) is 1.71. The molecule has 0 amide bonds. The first kappa shape index (κ1) is 12.9. The highest BCUT2D eigenvalue weighted by Crippen LogP contribution is 2.29. The van der Waals surface area contributed by atoms with Crippen LogP contribution < -0.4 is 4.74 Å². The molecule has 6 heteroatoms. The number of halogens is 3. The molecular weight excluding hydrogens is 308 g/mol. The maximum Gasteiger partial charge on any atom is 0.198 e. The molecule has 0 bridgehead atoms. The Morgan fingerprint density at radius 3 is 2.39 bits per heavy atom. The summed E-state index contributed by atoms with van der Waals surface area (Å²) in [5.41, 5.74) is 0.143. The SMILES string of the molecule is OCc1cc(F)c(Oc2cncc(Br)c2)c(F)c1. The molecule has 1 heterocycles. The first-order chi connectivity index (χ1) is 8.60. The number of nitrogens with zero attached hydrogens (tertiary/aromatic N) is 1. The van der Waals surface area contributed by atoms with Gasteiger partial charge in [-0.05, 0) is 39.7 Å². The van der Waals surface area contributed by atoms with Crippen molar-refractivity contribution in [3.05, 3.63) is 52.3 Å². The largest absolute Gasteiger partial charge is 0.450 e. The number of hydrogen-bond donors (Lipinski definition) is 1. The van der Waals surface area contributed by atoms with Gasteiger partial charge in [-0.25, -0.2) is 8.78 Å². The van der Waals surface area contributed by atoms with E-state index >= 15 is 0 Å². The Bertz CT molecular complexity index is 555. The van der Waals surface area contributed by atoms with Crippen LogP contribution in [0.1, 0.15) is 5.56 Å². The summed E-state index contributed by atoms with van der Waals surface area (Å²) in [6, 6.07) is 3.57. The Labute approximate surface area is 110 Å². The van der Waals surface area contributed by atoms with Gasteiger partial charge in [0.15, 0.2) is 17.4 Å². The van der Waals surface area contributed by atoms with E-state index in [1.165, 1.54) is 18.5 Å². The minimum absolute atomic E-state index is 0.143. The molecule has 0 fully saturated rings. The van der Waals surface area contributed by atoms with Crippen LogP contribution in [0.5, 0.6) is 11.5 Å². The standard InChI is InChI=1S/C12H8BrF2NO2/c13-8-3-9(5-16-4-8)18-12-10(14)1-7(6-17)2-11(12)15/h1-5,17H,6H2.